The maximum Gasteiger partial charge on any atom is 0.339 e. The standard InChI is InChI=1S/C65H82N2O11/c1-59-27-21-51-62-36-75-58(73)61(24-9-10-25-61)57(62)78-60(2,43-15-7-4-8-16-43)53(62)52(70)54(71)64(51)47-31-39(30-38-12-5-3-6-13-38)17-18-40(47)14-11-26-63(59,77-56(72)55-65(59,64)76-55)46-23-29-74-50(46)33-45(49(69)35-68)41-19-20-44-42(32-41)22-28-67-37-66-34-48(44)67/h3,5-6,12-13,22-23,28-29,39-45,47-49,51,53-55,57,66,68-69,71H,4,7-10,15-21,24-27,30-37H2,1-2H3/t39-,40+,41+,42+,44-,45-,47-,48+,49+,51+,53+,54+,55+,57-,59-,60+,62+,63-,64-,65+/m0/s1. The number of hydrogen-bond acceptors (Lipinski definition) is 13. The number of cyclic esters (lactones) is 1. The number of carbonyl (C=O) groups excluding carboxylic acids is 3. The Labute approximate surface area is 459 Å². The second-order valence-corrected chi connectivity index (χ2v) is 28.0. The van der Waals surface area contributed by atoms with E-state index in [-0.39, 0.29) is 60.3 Å². The molecule has 7 aliphatic carbocycles. The van der Waals surface area contributed by atoms with Crippen molar-refractivity contribution in [2.75, 3.05) is 26.4 Å². The Hall–Kier alpha value is -4.03. The molecule has 6 saturated carbocycles. The molecule has 7 heterocycles. The number of hydrogen-bond donors (Lipinski definition) is 4. The summed E-state index contributed by atoms with van der Waals surface area (Å²) in [4.78, 5) is 49.8. The van der Waals surface area contributed by atoms with Crippen LogP contribution in [0.3, 0.4) is 0 Å². The summed E-state index contributed by atoms with van der Waals surface area (Å²) in [5, 5.41) is 40.6. The van der Waals surface area contributed by atoms with E-state index in [2.05, 4.69) is 72.4 Å². The van der Waals surface area contributed by atoms with Crippen LogP contribution in [0.2, 0.25) is 0 Å². The number of furan rings is 1. The number of nitrogens with one attached hydrogen (secondary N) is 1. The van der Waals surface area contributed by atoms with Gasteiger partial charge in [-0.1, -0.05) is 87.3 Å². The molecule has 4 spiro atoms. The molecule has 418 valence electrons. The normalized spacial score (nSPS) is 47.2. The summed E-state index contributed by atoms with van der Waals surface area (Å²) in [6, 6.07) is 13.0. The van der Waals surface area contributed by atoms with E-state index in [1.807, 2.05) is 12.1 Å². The van der Waals surface area contributed by atoms with Gasteiger partial charge >= 0.3 is 11.9 Å². The van der Waals surface area contributed by atoms with Crippen molar-refractivity contribution in [1.82, 2.24) is 10.2 Å². The van der Waals surface area contributed by atoms with Gasteiger partial charge in [0.15, 0.2) is 17.5 Å². The largest absolute Gasteiger partial charge is 0.469 e. The van der Waals surface area contributed by atoms with Crippen LogP contribution in [0.15, 0.2) is 59.4 Å². The van der Waals surface area contributed by atoms with Crippen LogP contribution in [0.5, 0.6) is 0 Å². The number of fused-ring (bicyclic) bond motifs is 5. The van der Waals surface area contributed by atoms with Crippen molar-refractivity contribution in [1.29, 1.82) is 0 Å². The fourth-order valence-corrected chi connectivity index (χ4v) is 22.3. The van der Waals surface area contributed by atoms with Crippen molar-refractivity contribution in [3.8, 4) is 11.8 Å². The molecule has 4 bridgehead atoms. The molecule has 13 nitrogen and oxygen atoms in total. The number of ether oxygens (including phenoxy) is 4. The lowest BCUT2D eigenvalue weighted by atomic mass is 9.30. The number of allylic oxidation sites excluding steroid dienone is 1. The molecule has 5 saturated heterocycles. The maximum atomic E-state index is 16.9. The first-order valence-corrected chi connectivity index (χ1v) is 30.8. The van der Waals surface area contributed by atoms with Gasteiger partial charge in [-0.05, 0) is 156 Å². The van der Waals surface area contributed by atoms with Gasteiger partial charge in [0.05, 0.1) is 55.1 Å². The molecule has 13 aliphatic rings. The topological polar surface area (TPSA) is 181 Å². The highest BCUT2D eigenvalue weighted by Crippen LogP contribution is 2.85. The van der Waals surface area contributed by atoms with Crippen LogP contribution in [0, 0.1) is 92.7 Å². The number of aliphatic hydroxyl groups excluding tert-OH is 3. The summed E-state index contributed by atoms with van der Waals surface area (Å²) in [7, 11) is 0. The average molecular weight is 1070 g/mol. The van der Waals surface area contributed by atoms with Crippen LogP contribution < -0.4 is 5.32 Å². The van der Waals surface area contributed by atoms with Gasteiger partial charge in [0.2, 0.25) is 0 Å². The minimum absolute atomic E-state index is 0.0223. The zero-order valence-electron chi connectivity index (χ0n) is 45.9. The molecule has 1 aromatic carbocycles. The van der Waals surface area contributed by atoms with Crippen molar-refractivity contribution in [2.24, 2.45) is 80.8 Å². The van der Waals surface area contributed by atoms with Crippen molar-refractivity contribution in [3.63, 3.8) is 0 Å². The monoisotopic (exact) mass is 1070 g/mol. The highest BCUT2D eigenvalue weighted by molar-refractivity contribution is 5.93. The van der Waals surface area contributed by atoms with E-state index in [0.29, 0.717) is 67.7 Å². The van der Waals surface area contributed by atoms with Crippen LogP contribution in [0.4, 0.5) is 0 Å². The van der Waals surface area contributed by atoms with Gasteiger partial charge in [0, 0.05) is 46.7 Å². The van der Waals surface area contributed by atoms with Gasteiger partial charge in [-0.3, -0.25) is 14.9 Å². The highest BCUT2D eigenvalue weighted by atomic mass is 16.7. The molecule has 0 amide bonds. The van der Waals surface area contributed by atoms with Crippen LogP contribution in [0.25, 0.3) is 0 Å². The molecule has 0 radical (unpaired) electrons. The van der Waals surface area contributed by atoms with Crippen LogP contribution in [-0.4, -0.2) is 106 Å². The molecule has 0 unspecified atom stereocenters. The van der Waals surface area contributed by atoms with Crippen molar-refractivity contribution < 1.29 is 53.1 Å². The van der Waals surface area contributed by atoms with Gasteiger partial charge in [-0.25, -0.2) is 4.79 Å². The second-order valence-electron chi connectivity index (χ2n) is 28.0. The van der Waals surface area contributed by atoms with E-state index >= 15 is 9.59 Å². The molecule has 78 heavy (non-hydrogen) atoms. The number of rotatable bonds is 9. The molecular weight excluding hydrogens is 985 g/mol. The van der Waals surface area contributed by atoms with Gasteiger partial charge in [0.1, 0.15) is 24.1 Å². The molecule has 1 aromatic heterocycles. The first-order chi connectivity index (χ1) is 37.8. The first-order valence-electron chi connectivity index (χ1n) is 30.8. The van der Waals surface area contributed by atoms with Crippen molar-refractivity contribution >= 4 is 17.7 Å². The molecule has 20 atom stereocenters. The third kappa shape index (κ3) is 6.46. The molecule has 2 aromatic rings. The van der Waals surface area contributed by atoms with Gasteiger partial charge in [-0.2, -0.15) is 0 Å². The van der Waals surface area contributed by atoms with Gasteiger partial charge in [-0.15, -0.1) is 0 Å². The Kier molecular flexibility index (Phi) is 11.7. The lowest BCUT2D eigenvalue weighted by Crippen LogP contribution is -2.82. The Morgan fingerprint density at radius 1 is 0.910 bits per heavy atom. The molecular formula is C65H82N2O11. The second kappa shape index (κ2) is 18.0. The zero-order chi connectivity index (χ0) is 53.2. The molecule has 13 heteroatoms. The predicted molar refractivity (Wildman–Crippen MR) is 285 cm³/mol. The minimum atomic E-state index is -1.54. The van der Waals surface area contributed by atoms with Gasteiger partial charge < -0.3 is 43.6 Å². The number of ketones is 1. The molecule has 6 aliphatic heterocycles. The van der Waals surface area contributed by atoms with E-state index < -0.39 is 87.3 Å². The quantitative estimate of drug-likeness (QED) is 0.108. The molecule has 4 N–H and O–H groups in total. The number of epoxide rings is 1. The van der Waals surface area contributed by atoms with E-state index in [0.717, 1.165) is 96.7 Å². The molecule has 11 fully saturated rings. The minimum Gasteiger partial charge on any atom is -0.469 e. The van der Waals surface area contributed by atoms with Gasteiger partial charge in [0.25, 0.3) is 0 Å². The summed E-state index contributed by atoms with van der Waals surface area (Å²) in [5.41, 5.74) is -6.28. The smallest absolute Gasteiger partial charge is 0.339 e. The number of nitrogens with zero attached hydrogens (tertiary/aromatic N) is 1. The van der Waals surface area contributed by atoms with Crippen LogP contribution >= 0.6 is 0 Å². The van der Waals surface area contributed by atoms with E-state index in [4.69, 9.17) is 23.4 Å². The summed E-state index contributed by atoms with van der Waals surface area (Å²) in [6.07, 6.45) is 17.6. The fourth-order valence-electron chi connectivity index (χ4n) is 22.3. The van der Waals surface area contributed by atoms with Crippen LogP contribution in [-0.2, 0) is 51.8 Å². The Bertz CT molecular complexity index is 2830. The SMILES string of the molecule is C[C@]12CC[C@@H]3[C@@]45COC(=O)C6(CCCC6)[C@@H]4O[C@](C)(C4CCCCC4)[C@H]5C(=O)[C@@H](O)[C@]34[C@H]3C[C@H](Cc5ccccc5)CC[C@H]3C#CC[C@@]1(c1ccoc1C[C@@H]([C@@H]1CC[C@H]3[C@H](C=CN5CNC[C@H]35)C1)[C@H](O)CO)OC(=O)[C@H]1O[C@@]142. The Morgan fingerprint density at radius 3 is 2.54 bits per heavy atom. The molecule has 15 rings (SSSR count). The van der Waals surface area contributed by atoms with E-state index in [1.165, 1.54) is 5.56 Å². The van der Waals surface area contributed by atoms with E-state index in [1.54, 1.807) is 6.26 Å². The third-order valence-electron chi connectivity index (χ3n) is 25.4. The van der Waals surface area contributed by atoms with E-state index in [9.17, 15) is 20.1 Å². The number of aliphatic hydroxyl groups is 3. The number of esters is 2. The zero-order valence-corrected chi connectivity index (χ0v) is 45.9. The Morgan fingerprint density at radius 2 is 1.73 bits per heavy atom. The van der Waals surface area contributed by atoms with Crippen LogP contribution in [0.1, 0.15) is 146 Å². The predicted octanol–water partition coefficient (Wildman–Crippen LogP) is 7.96. The Balaban J connectivity index is 0.900. The number of benzene rings is 1. The first kappa shape index (κ1) is 50.9. The highest BCUT2D eigenvalue weighted by Gasteiger charge is 2.96. The summed E-state index contributed by atoms with van der Waals surface area (Å²) in [5.74, 6) is 6.27. The average Bonchev–Trinajstić information content (AvgIpc) is 1.64. The fraction of sp³-hybridized carbons (Fsp3) is 0.738. The summed E-state index contributed by atoms with van der Waals surface area (Å²) in [6.45, 7) is 5.82. The maximum absolute atomic E-state index is 16.9. The lowest BCUT2D eigenvalue weighted by Gasteiger charge is -2.72. The third-order valence-corrected chi connectivity index (χ3v) is 25.4. The summed E-state index contributed by atoms with van der Waals surface area (Å²) < 4.78 is 35.9. The lowest BCUT2D eigenvalue weighted by molar-refractivity contribution is -0.301. The summed E-state index contributed by atoms with van der Waals surface area (Å²) >= 11 is 0. The van der Waals surface area contributed by atoms with Crippen molar-refractivity contribution in [2.45, 2.75) is 190 Å². The van der Waals surface area contributed by atoms with Crippen molar-refractivity contribution in [3.05, 3.63) is 71.8 Å². The number of carbonyl (C=O) groups is 3. The number of Topliss-reactive ketones (excluding diaryl/α,β-unsaturated/α-hetero) is 1.